The normalized spacial score (nSPS) is 12.3. The van der Waals surface area contributed by atoms with E-state index in [-0.39, 0.29) is 16.1 Å². The van der Waals surface area contributed by atoms with Crippen molar-refractivity contribution in [3.63, 3.8) is 0 Å². The molecule has 0 aliphatic heterocycles. The molecule has 0 aliphatic rings. The monoisotopic (exact) mass is 274 g/mol. The van der Waals surface area contributed by atoms with E-state index in [1.807, 2.05) is 0 Å². The number of benzene rings is 1. The Labute approximate surface area is 96.0 Å². The average molecular weight is 275 g/mol. The Bertz CT molecular complexity index is 370. The van der Waals surface area contributed by atoms with Crippen LogP contribution in [0.25, 0.3) is 0 Å². The van der Waals surface area contributed by atoms with Gasteiger partial charge in [0.15, 0.2) is 0 Å². The first-order valence-corrected chi connectivity index (χ1v) is 5.30. The molecule has 1 atom stereocenters. The van der Waals surface area contributed by atoms with Crippen LogP contribution in [-0.2, 0) is 0 Å². The van der Waals surface area contributed by atoms with Crippen LogP contribution in [0.3, 0.4) is 0 Å². The molecule has 1 rings (SSSR count). The molecule has 0 fully saturated rings. The first kappa shape index (κ1) is 12.1. The van der Waals surface area contributed by atoms with Gasteiger partial charge in [-0.25, -0.2) is 4.39 Å². The summed E-state index contributed by atoms with van der Waals surface area (Å²) in [5.74, 6) is -1.01. The molecule has 0 heterocycles. The molecule has 0 saturated carbocycles. The smallest absolute Gasteiger partial charge is 0.254 e. The highest BCUT2D eigenvalue weighted by Gasteiger charge is 2.14. The van der Waals surface area contributed by atoms with Gasteiger partial charge in [0.1, 0.15) is 5.82 Å². The van der Waals surface area contributed by atoms with Crippen molar-refractivity contribution in [2.75, 3.05) is 6.54 Å². The quantitative estimate of drug-likeness (QED) is 0.881. The van der Waals surface area contributed by atoms with Crippen LogP contribution >= 0.6 is 15.9 Å². The lowest BCUT2D eigenvalue weighted by Gasteiger charge is -2.11. The Kier molecular flexibility index (Phi) is 4.23. The van der Waals surface area contributed by atoms with Gasteiger partial charge in [0, 0.05) is 12.6 Å². The molecule has 15 heavy (non-hydrogen) atoms. The first-order valence-electron chi connectivity index (χ1n) is 4.51. The second-order valence-corrected chi connectivity index (χ2v) is 4.07. The van der Waals surface area contributed by atoms with E-state index < -0.39 is 11.7 Å². The number of carbonyl (C=O) groups excluding carboxylic acids is 1. The number of rotatable bonds is 3. The second-order valence-electron chi connectivity index (χ2n) is 3.21. The number of hydrogen-bond acceptors (Lipinski definition) is 2. The van der Waals surface area contributed by atoms with Gasteiger partial charge < -0.3 is 11.1 Å². The summed E-state index contributed by atoms with van der Waals surface area (Å²) in [4.78, 5) is 11.6. The first-order chi connectivity index (χ1) is 7.06. The summed E-state index contributed by atoms with van der Waals surface area (Å²) in [6.07, 6.45) is 0. The second kappa shape index (κ2) is 5.23. The van der Waals surface area contributed by atoms with Crippen LogP contribution < -0.4 is 11.1 Å². The molecular formula is C10H12BrFN2O. The fourth-order valence-electron chi connectivity index (χ4n) is 1.04. The molecule has 0 radical (unpaired) electrons. The van der Waals surface area contributed by atoms with E-state index in [0.717, 1.165) is 0 Å². The van der Waals surface area contributed by atoms with Crippen LogP contribution in [0, 0.1) is 5.82 Å². The van der Waals surface area contributed by atoms with E-state index in [9.17, 15) is 9.18 Å². The minimum absolute atomic E-state index is 0.0182. The maximum Gasteiger partial charge on any atom is 0.254 e. The van der Waals surface area contributed by atoms with Gasteiger partial charge in [-0.2, -0.15) is 0 Å². The minimum atomic E-state index is -0.556. The van der Waals surface area contributed by atoms with Gasteiger partial charge in [-0.05, 0) is 35.0 Å². The lowest BCUT2D eigenvalue weighted by Crippen LogP contribution is -2.38. The van der Waals surface area contributed by atoms with Crippen LogP contribution in [0.15, 0.2) is 22.7 Å². The molecule has 3 nitrogen and oxygen atoms in total. The van der Waals surface area contributed by atoms with Crippen LogP contribution in [0.4, 0.5) is 4.39 Å². The predicted octanol–water partition coefficient (Wildman–Crippen LogP) is 1.67. The molecule has 1 aromatic carbocycles. The molecule has 0 saturated heterocycles. The van der Waals surface area contributed by atoms with Gasteiger partial charge >= 0.3 is 0 Å². The molecule has 0 bridgehead atoms. The number of hydrogen-bond donors (Lipinski definition) is 2. The fourth-order valence-corrected chi connectivity index (χ4v) is 1.41. The van der Waals surface area contributed by atoms with Crippen molar-refractivity contribution in [1.82, 2.24) is 5.32 Å². The summed E-state index contributed by atoms with van der Waals surface area (Å²) in [5, 5.41) is 2.59. The Morgan fingerprint density at radius 1 is 1.67 bits per heavy atom. The Morgan fingerprint density at radius 3 is 2.93 bits per heavy atom. The molecule has 0 aromatic heterocycles. The molecule has 0 aliphatic carbocycles. The Balaban J connectivity index is 2.87. The largest absolute Gasteiger partial charge is 0.348 e. The summed E-state index contributed by atoms with van der Waals surface area (Å²) in [6.45, 7) is 2.08. The van der Waals surface area contributed by atoms with Crippen molar-refractivity contribution in [3.8, 4) is 0 Å². The van der Waals surface area contributed by atoms with Gasteiger partial charge in [-0.3, -0.25) is 4.79 Å². The topological polar surface area (TPSA) is 55.1 Å². The summed E-state index contributed by atoms with van der Waals surface area (Å²) < 4.78 is 13.7. The Morgan fingerprint density at radius 2 is 2.33 bits per heavy atom. The maximum atomic E-state index is 13.5. The summed E-state index contributed by atoms with van der Waals surface area (Å²) in [6, 6.07) is 4.41. The van der Waals surface area contributed by atoms with E-state index in [0.29, 0.717) is 6.54 Å². The molecule has 1 amide bonds. The van der Waals surface area contributed by atoms with Gasteiger partial charge in [-0.1, -0.05) is 6.07 Å². The zero-order valence-corrected chi connectivity index (χ0v) is 9.84. The van der Waals surface area contributed by atoms with Crippen LogP contribution in [-0.4, -0.2) is 18.5 Å². The summed E-state index contributed by atoms with van der Waals surface area (Å²) in [7, 11) is 0. The summed E-state index contributed by atoms with van der Waals surface area (Å²) >= 11 is 3.02. The van der Waals surface area contributed by atoms with Crippen molar-refractivity contribution in [2.45, 2.75) is 13.0 Å². The van der Waals surface area contributed by atoms with Crippen molar-refractivity contribution < 1.29 is 9.18 Å². The standard InChI is InChI=1S/C10H12BrFN2O/c1-6(5-13)14-10(15)7-3-2-4-8(11)9(7)12/h2-4,6H,5,13H2,1H3,(H,14,15). The van der Waals surface area contributed by atoms with E-state index in [2.05, 4.69) is 21.2 Å². The Hall–Kier alpha value is -0.940. The lowest BCUT2D eigenvalue weighted by molar-refractivity contribution is 0.0937. The third-order valence-corrected chi connectivity index (χ3v) is 2.54. The third kappa shape index (κ3) is 3.00. The number of nitrogens with two attached hydrogens (primary N) is 1. The van der Waals surface area contributed by atoms with Gasteiger partial charge in [-0.15, -0.1) is 0 Å². The van der Waals surface area contributed by atoms with Gasteiger partial charge in [0.05, 0.1) is 10.0 Å². The van der Waals surface area contributed by atoms with Gasteiger partial charge in [0.25, 0.3) is 5.91 Å². The molecule has 1 unspecified atom stereocenters. The number of amides is 1. The van der Waals surface area contributed by atoms with Crippen molar-refractivity contribution in [2.24, 2.45) is 5.73 Å². The van der Waals surface area contributed by atoms with E-state index in [1.165, 1.54) is 6.07 Å². The van der Waals surface area contributed by atoms with E-state index >= 15 is 0 Å². The molecular weight excluding hydrogens is 263 g/mol. The van der Waals surface area contributed by atoms with Crippen molar-refractivity contribution in [3.05, 3.63) is 34.1 Å². The van der Waals surface area contributed by atoms with Crippen molar-refractivity contribution in [1.29, 1.82) is 0 Å². The van der Waals surface area contributed by atoms with Crippen LogP contribution in [0.1, 0.15) is 17.3 Å². The number of carbonyl (C=O) groups is 1. The highest BCUT2D eigenvalue weighted by Crippen LogP contribution is 2.18. The maximum absolute atomic E-state index is 13.5. The molecule has 1 aromatic rings. The molecule has 5 heteroatoms. The zero-order chi connectivity index (χ0) is 11.4. The number of halogens is 2. The predicted molar refractivity (Wildman–Crippen MR) is 60.1 cm³/mol. The van der Waals surface area contributed by atoms with E-state index in [4.69, 9.17) is 5.73 Å². The zero-order valence-electron chi connectivity index (χ0n) is 8.26. The fraction of sp³-hybridized carbons (Fsp3) is 0.300. The van der Waals surface area contributed by atoms with Crippen LogP contribution in [0.2, 0.25) is 0 Å². The third-order valence-electron chi connectivity index (χ3n) is 1.93. The highest BCUT2D eigenvalue weighted by molar-refractivity contribution is 9.10. The van der Waals surface area contributed by atoms with Crippen molar-refractivity contribution >= 4 is 21.8 Å². The lowest BCUT2D eigenvalue weighted by atomic mass is 10.2. The van der Waals surface area contributed by atoms with E-state index in [1.54, 1.807) is 19.1 Å². The molecule has 3 N–H and O–H groups in total. The number of nitrogens with one attached hydrogen (secondary N) is 1. The average Bonchev–Trinajstić information content (AvgIpc) is 2.21. The minimum Gasteiger partial charge on any atom is -0.348 e. The molecule has 0 spiro atoms. The van der Waals surface area contributed by atoms with Gasteiger partial charge in [0.2, 0.25) is 0 Å². The summed E-state index contributed by atoms with van der Waals surface area (Å²) in [5.41, 5.74) is 5.37. The SMILES string of the molecule is CC(CN)NC(=O)c1cccc(Br)c1F. The molecule has 82 valence electrons. The van der Waals surface area contributed by atoms with Crippen LogP contribution in [0.5, 0.6) is 0 Å². The highest BCUT2D eigenvalue weighted by atomic mass is 79.9.